The van der Waals surface area contributed by atoms with Crippen molar-refractivity contribution in [2.24, 2.45) is 0 Å². The van der Waals surface area contributed by atoms with Crippen molar-refractivity contribution in [3.8, 4) is 0 Å². The molecule has 0 bridgehead atoms. The first-order chi connectivity index (χ1) is 7.65. The summed E-state index contributed by atoms with van der Waals surface area (Å²) in [5, 5.41) is 3.33. The van der Waals surface area contributed by atoms with Gasteiger partial charge in [-0.2, -0.15) is 0 Å². The van der Waals surface area contributed by atoms with Crippen LogP contribution in [0.4, 0.5) is 17.1 Å². The van der Waals surface area contributed by atoms with E-state index < -0.39 is 0 Å². The molecule has 0 saturated carbocycles. The van der Waals surface area contributed by atoms with Crippen LogP contribution in [0.2, 0.25) is 0 Å². The fraction of sp³-hybridized carbons (Fsp3) is 0.0769. The molecule has 0 spiro atoms. The largest absolute Gasteiger partial charge is 0.398 e. The average molecular weight is 324 g/mol. The first-order valence-corrected chi connectivity index (χ1v) is 6.12. The van der Waals surface area contributed by atoms with Crippen molar-refractivity contribution in [3.05, 3.63) is 51.6 Å². The number of benzene rings is 2. The second-order valence-electron chi connectivity index (χ2n) is 3.71. The number of hydrogen-bond acceptors (Lipinski definition) is 2. The van der Waals surface area contributed by atoms with Gasteiger partial charge in [0.25, 0.3) is 0 Å². The van der Waals surface area contributed by atoms with Crippen LogP contribution in [0.15, 0.2) is 42.5 Å². The Labute approximate surface area is 109 Å². The van der Waals surface area contributed by atoms with Crippen molar-refractivity contribution >= 4 is 39.7 Å². The van der Waals surface area contributed by atoms with Crippen molar-refractivity contribution in [3.63, 3.8) is 0 Å². The molecular formula is C13H13IN2. The molecule has 0 aromatic heterocycles. The lowest BCUT2D eigenvalue weighted by atomic mass is 10.2. The van der Waals surface area contributed by atoms with Crippen LogP contribution in [-0.4, -0.2) is 0 Å². The maximum atomic E-state index is 5.86. The van der Waals surface area contributed by atoms with Crippen LogP contribution in [0, 0.1) is 10.5 Å². The number of nitrogen functional groups attached to an aromatic ring is 1. The summed E-state index contributed by atoms with van der Waals surface area (Å²) in [4.78, 5) is 0. The standard InChI is InChI=1S/C13H13IN2/c1-9-5-6-12(8-13(9)15)16-11-4-2-3-10(14)7-11/h2-8,16H,15H2,1H3. The van der Waals surface area contributed by atoms with Gasteiger partial charge in [-0.05, 0) is 65.4 Å². The number of halogens is 1. The lowest BCUT2D eigenvalue weighted by Crippen LogP contribution is -1.94. The van der Waals surface area contributed by atoms with E-state index in [0.29, 0.717) is 0 Å². The normalized spacial score (nSPS) is 10.1. The molecule has 3 heteroatoms. The molecule has 2 aromatic carbocycles. The van der Waals surface area contributed by atoms with E-state index in [1.165, 1.54) is 3.57 Å². The monoisotopic (exact) mass is 324 g/mol. The second kappa shape index (κ2) is 4.74. The Morgan fingerprint density at radius 1 is 1.06 bits per heavy atom. The van der Waals surface area contributed by atoms with Gasteiger partial charge in [0.1, 0.15) is 0 Å². The SMILES string of the molecule is Cc1ccc(Nc2cccc(I)c2)cc1N. The summed E-state index contributed by atoms with van der Waals surface area (Å²) in [6.07, 6.45) is 0. The summed E-state index contributed by atoms with van der Waals surface area (Å²) in [6, 6.07) is 14.2. The van der Waals surface area contributed by atoms with Gasteiger partial charge < -0.3 is 11.1 Å². The van der Waals surface area contributed by atoms with E-state index in [9.17, 15) is 0 Å². The van der Waals surface area contributed by atoms with Crippen LogP contribution in [0.25, 0.3) is 0 Å². The summed E-state index contributed by atoms with van der Waals surface area (Å²) < 4.78 is 1.21. The molecule has 0 aliphatic rings. The van der Waals surface area contributed by atoms with Crippen LogP contribution in [-0.2, 0) is 0 Å². The van der Waals surface area contributed by atoms with Crippen LogP contribution in [0.3, 0.4) is 0 Å². The van der Waals surface area contributed by atoms with Gasteiger partial charge in [0.15, 0.2) is 0 Å². The van der Waals surface area contributed by atoms with Crippen molar-refractivity contribution in [2.45, 2.75) is 6.92 Å². The van der Waals surface area contributed by atoms with Crippen LogP contribution in [0.5, 0.6) is 0 Å². The first-order valence-electron chi connectivity index (χ1n) is 5.04. The summed E-state index contributed by atoms with van der Waals surface area (Å²) in [5.41, 5.74) is 9.88. The molecule has 0 amide bonds. The predicted octanol–water partition coefficient (Wildman–Crippen LogP) is 3.93. The van der Waals surface area contributed by atoms with E-state index in [2.05, 4.69) is 40.0 Å². The molecule has 0 aliphatic carbocycles. The number of nitrogens with two attached hydrogens (primary N) is 1. The molecule has 0 atom stereocenters. The zero-order chi connectivity index (χ0) is 11.5. The topological polar surface area (TPSA) is 38.0 Å². The summed E-state index contributed by atoms with van der Waals surface area (Å²) in [6.45, 7) is 2.00. The molecule has 82 valence electrons. The fourth-order valence-electron chi connectivity index (χ4n) is 1.45. The van der Waals surface area contributed by atoms with Gasteiger partial charge in [-0.3, -0.25) is 0 Å². The van der Waals surface area contributed by atoms with E-state index >= 15 is 0 Å². The third-order valence-electron chi connectivity index (χ3n) is 2.39. The minimum absolute atomic E-state index is 0.815. The molecule has 0 fully saturated rings. The number of rotatable bonds is 2. The number of aryl methyl sites for hydroxylation is 1. The van der Waals surface area contributed by atoms with E-state index in [-0.39, 0.29) is 0 Å². The molecule has 16 heavy (non-hydrogen) atoms. The Kier molecular flexibility index (Phi) is 3.33. The third kappa shape index (κ3) is 2.66. The molecule has 2 nitrogen and oxygen atoms in total. The lowest BCUT2D eigenvalue weighted by Gasteiger charge is -2.08. The van der Waals surface area contributed by atoms with Crippen molar-refractivity contribution in [1.82, 2.24) is 0 Å². The second-order valence-corrected chi connectivity index (χ2v) is 4.95. The number of hydrogen-bond donors (Lipinski definition) is 2. The van der Waals surface area contributed by atoms with Crippen molar-refractivity contribution < 1.29 is 0 Å². The van der Waals surface area contributed by atoms with E-state index in [1.54, 1.807) is 0 Å². The summed E-state index contributed by atoms with van der Waals surface area (Å²) >= 11 is 2.30. The van der Waals surface area contributed by atoms with E-state index in [1.807, 2.05) is 37.3 Å². The highest BCUT2D eigenvalue weighted by Crippen LogP contribution is 2.22. The minimum Gasteiger partial charge on any atom is -0.398 e. The van der Waals surface area contributed by atoms with Gasteiger partial charge in [-0.15, -0.1) is 0 Å². The average Bonchev–Trinajstić information content (AvgIpc) is 2.24. The molecule has 0 saturated heterocycles. The molecule has 0 radical (unpaired) electrons. The quantitative estimate of drug-likeness (QED) is 0.649. The Morgan fingerprint density at radius 2 is 1.81 bits per heavy atom. The third-order valence-corrected chi connectivity index (χ3v) is 3.06. The Bertz CT molecular complexity index is 509. The molecular weight excluding hydrogens is 311 g/mol. The van der Waals surface area contributed by atoms with Gasteiger partial charge in [0, 0.05) is 20.6 Å². The Balaban J connectivity index is 2.24. The number of anilines is 3. The summed E-state index contributed by atoms with van der Waals surface area (Å²) in [5.74, 6) is 0. The predicted molar refractivity (Wildman–Crippen MR) is 78.0 cm³/mol. The van der Waals surface area contributed by atoms with Gasteiger partial charge in [0.05, 0.1) is 0 Å². The Hall–Kier alpha value is -1.23. The smallest absolute Gasteiger partial charge is 0.0405 e. The maximum Gasteiger partial charge on any atom is 0.0405 e. The van der Waals surface area contributed by atoms with Crippen LogP contribution >= 0.6 is 22.6 Å². The summed E-state index contributed by atoms with van der Waals surface area (Å²) in [7, 11) is 0. The lowest BCUT2D eigenvalue weighted by molar-refractivity contribution is 1.45. The molecule has 2 aromatic rings. The number of nitrogens with one attached hydrogen (secondary N) is 1. The zero-order valence-electron chi connectivity index (χ0n) is 9.00. The molecule has 3 N–H and O–H groups in total. The van der Waals surface area contributed by atoms with Gasteiger partial charge >= 0.3 is 0 Å². The fourth-order valence-corrected chi connectivity index (χ4v) is 1.99. The van der Waals surface area contributed by atoms with E-state index in [0.717, 1.165) is 22.6 Å². The highest BCUT2D eigenvalue weighted by Gasteiger charge is 1.98. The first kappa shape index (κ1) is 11.3. The van der Waals surface area contributed by atoms with Gasteiger partial charge in [-0.25, -0.2) is 0 Å². The van der Waals surface area contributed by atoms with E-state index in [4.69, 9.17) is 5.73 Å². The maximum absolute atomic E-state index is 5.86. The highest BCUT2D eigenvalue weighted by atomic mass is 127. The van der Waals surface area contributed by atoms with Crippen molar-refractivity contribution in [2.75, 3.05) is 11.1 Å². The molecule has 0 aliphatic heterocycles. The van der Waals surface area contributed by atoms with Crippen LogP contribution < -0.4 is 11.1 Å². The van der Waals surface area contributed by atoms with Crippen LogP contribution in [0.1, 0.15) is 5.56 Å². The minimum atomic E-state index is 0.815. The molecule has 2 rings (SSSR count). The Morgan fingerprint density at radius 3 is 2.50 bits per heavy atom. The van der Waals surface area contributed by atoms with Gasteiger partial charge in [0.2, 0.25) is 0 Å². The zero-order valence-corrected chi connectivity index (χ0v) is 11.2. The van der Waals surface area contributed by atoms with Gasteiger partial charge in [-0.1, -0.05) is 12.1 Å². The van der Waals surface area contributed by atoms with Crippen molar-refractivity contribution in [1.29, 1.82) is 0 Å². The highest BCUT2D eigenvalue weighted by molar-refractivity contribution is 14.1. The molecule has 0 unspecified atom stereocenters. The molecule has 0 heterocycles.